The summed E-state index contributed by atoms with van der Waals surface area (Å²) in [7, 11) is 0. The third-order valence-corrected chi connectivity index (χ3v) is 6.71. The summed E-state index contributed by atoms with van der Waals surface area (Å²) in [4.78, 5) is 27.5. The first kappa shape index (κ1) is 19.3. The van der Waals surface area contributed by atoms with E-state index in [9.17, 15) is 9.59 Å². The van der Waals surface area contributed by atoms with E-state index in [0.29, 0.717) is 59.3 Å². The molecule has 6 heteroatoms. The fourth-order valence-corrected chi connectivity index (χ4v) is 4.57. The Balaban J connectivity index is 1.54. The van der Waals surface area contributed by atoms with E-state index in [4.69, 9.17) is 27.9 Å². The van der Waals surface area contributed by atoms with Gasteiger partial charge in [0.2, 0.25) is 0 Å². The number of benzene rings is 2. The lowest BCUT2D eigenvalue weighted by atomic mass is 9.81. The number of ether oxygens (including phenoxy) is 1. The number of ketones is 1. The molecule has 0 radical (unpaired) electrons. The molecular formula is C22H21Cl2NO3. The number of piperidine rings is 1. The van der Waals surface area contributed by atoms with Gasteiger partial charge in [-0.2, -0.15) is 0 Å². The maximum Gasteiger partial charge on any atom is 0.255 e. The van der Waals surface area contributed by atoms with Gasteiger partial charge in [-0.15, -0.1) is 0 Å². The van der Waals surface area contributed by atoms with E-state index in [1.54, 1.807) is 29.2 Å². The van der Waals surface area contributed by atoms with Crippen molar-refractivity contribution in [2.24, 2.45) is 0 Å². The van der Waals surface area contributed by atoms with Gasteiger partial charge in [-0.05, 0) is 43.2 Å². The number of rotatable bonds is 1. The summed E-state index contributed by atoms with van der Waals surface area (Å²) in [5.74, 6) is 0.592. The van der Waals surface area contributed by atoms with Gasteiger partial charge in [-0.25, -0.2) is 0 Å². The maximum atomic E-state index is 12.9. The van der Waals surface area contributed by atoms with Crippen LogP contribution in [0.15, 0.2) is 30.3 Å². The number of aryl methyl sites for hydroxylation is 1. The van der Waals surface area contributed by atoms with Crippen molar-refractivity contribution in [1.29, 1.82) is 0 Å². The van der Waals surface area contributed by atoms with Crippen LogP contribution in [-0.2, 0) is 0 Å². The molecule has 1 amide bonds. The molecule has 4 nitrogen and oxygen atoms in total. The Morgan fingerprint density at radius 3 is 2.50 bits per heavy atom. The smallest absolute Gasteiger partial charge is 0.255 e. The van der Waals surface area contributed by atoms with Gasteiger partial charge in [-0.1, -0.05) is 35.3 Å². The Morgan fingerprint density at radius 2 is 1.82 bits per heavy atom. The van der Waals surface area contributed by atoms with Crippen LogP contribution in [0.2, 0.25) is 10.0 Å². The summed E-state index contributed by atoms with van der Waals surface area (Å²) >= 11 is 12.5. The standard InChI is InChI=1S/C22H21Cl2NO3/c1-13-11-18-19(14(2)20(13)24)17(26)12-22(28-18)7-9-25(10-8-22)21(27)15-5-3-4-6-16(15)23/h3-6,11H,7-10,12H2,1-2H3. The molecule has 146 valence electrons. The summed E-state index contributed by atoms with van der Waals surface area (Å²) in [5.41, 5.74) is 2.22. The molecule has 0 aliphatic carbocycles. The van der Waals surface area contributed by atoms with Crippen molar-refractivity contribution in [3.8, 4) is 5.75 Å². The summed E-state index contributed by atoms with van der Waals surface area (Å²) in [5, 5.41) is 1.07. The van der Waals surface area contributed by atoms with Crippen LogP contribution in [-0.4, -0.2) is 35.3 Å². The first-order valence-corrected chi connectivity index (χ1v) is 10.1. The average Bonchev–Trinajstić information content (AvgIpc) is 2.66. The molecular weight excluding hydrogens is 397 g/mol. The van der Waals surface area contributed by atoms with E-state index in [-0.39, 0.29) is 11.7 Å². The monoisotopic (exact) mass is 417 g/mol. The number of fused-ring (bicyclic) bond motifs is 1. The average molecular weight is 418 g/mol. The lowest BCUT2D eigenvalue weighted by Crippen LogP contribution is -2.52. The van der Waals surface area contributed by atoms with Crippen LogP contribution in [0.5, 0.6) is 5.75 Å². The highest BCUT2D eigenvalue weighted by atomic mass is 35.5. The van der Waals surface area contributed by atoms with E-state index >= 15 is 0 Å². The van der Waals surface area contributed by atoms with E-state index in [0.717, 1.165) is 11.1 Å². The zero-order chi connectivity index (χ0) is 20.1. The molecule has 2 aliphatic rings. The lowest BCUT2D eigenvalue weighted by molar-refractivity contribution is -0.00580. The second kappa shape index (κ2) is 7.09. The Hall–Kier alpha value is -2.04. The number of halogens is 2. The first-order valence-electron chi connectivity index (χ1n) is 9.37. The van der Waals surface area contributed by atoms with Gasteiger partial charge in [-0.3, -0.25) is 9.59 Å². The Labute approximate surface area is 174 Å². The van der Waals surface area contributed by atoms with Crippen molar-refractivity contribution in [2.75, 3.05) is 13.1 Å². The number of carbonyl (C=O) groups excluding carboxylic acids is 2. The number of likely N-dealkylation sites (tertiary alicyclic amines) is 1. The van der Waals surface area contributed by atoms with Crippen LogP contribution in [0.25, 0.3) is 0 Å². The summed E-state index contributed by atoms with van der Waals surface area (Å²) < 4.78 is 6.36. The minimum atomic E-state index is -0.561. The highest BCUT2D eigenvalue weighted by Crippen LogP contribution is 2.43. The molecule has 2 aliphatic heterocycles. The van der Waals surface area contributed by atoms with E-state index in [1.807, 2.05) is 19.9 Å². The summed E-state index contributed by atoms with van der Waals surface area (Å²) in [6.45, 7) is 4.82. The normalized spacial score (nSPS) is 18.0. The molecule has 1 spiro atoms. The van der Waals surface area contributed by atoms with Gasteiger partial charge in [0.15, 0.2) is 5.78 Å². The molecule has 4 rings (SSSR count). The number of hydrogen-bond acceptors (Lipinski definition) is 3. The molecule has 0 saturated carbocycles. The fourth-order valence-electron chi connectivity index (χ4n) is 4.20. The van der Waals surface area contributed by atoms with Crippen molar-refractivity contribution in [3.63, 3.8) is 0 Å². The van der Waals surface area contributed by atoms with Gasteiger partial charge in [0.25, 0.3) is 5.91 Å². The highest BCUT2D eigenvalue weighted by Gasteiger charge is 2.44. The van der Waals surface area contributed by atoms with Gasteiger partial charge in [0.05, 0.1) is 22.6 Å². The molecule has 1 saturated heterocycles. The Morgan fingerprint density at radius 1 is 1.14 bits per heavy atom. The molecule has 0 unspecified atom stereocenters. The summed E-state index contributed by atoms with van der Waals surface area (Å²) in [6.07, 6.45) is 1.53. The van der Waals surface area contributed by atoms with Gasteiger partial charge >= 0.3 is 0 Å². The predicted molar refractivity (Wildman–Crippen MR) is 110 cm³/mol. The second-order valence-electron chi connectivity index (χ2n) is 7.66. The Bertz CT molecular complexity index is 978. The van der Waals surface area contributed by atoms with E-state index in [2.05, 4.69) is 0 Å². The zero-order valence-corrected chi connectivity index (χ0v) is 17.4. The summed E-state index contributed by atoms with van der Waals surface area (Å²) in [6, 6.07) is 8.92. The van der Waals surface area contributed by atoms with Crippen molar-refractivity contribution in [3.05, 3.63) is 62.6 Å². The van der Waals surface area contributed by atoms with Crippen LogP contribution in [0.4, 0.5) is 0 Å². The lowest BCUT2D eigenvalue weighted by Gasteiger charge is -2.44. The van der Waals surface area contributed by atoms with Crippen LogP contribution in [0, 0.1) is 13.8 Å². The quantitative estimate of drug-likeness (QED) is 0.636. The van der Waals surface area contributed by atoms with Gasteiger partial charge < -0.3 is 9.64 Å². The number of hydrogen-bond donors (Lipinski definition) is 0. The van der Waals surface area contributed by atoms with Crippen molar-refractivity contribution < 1.29 is 14.3 Å². The predicted octanol–water partition coefficient (Wildman–Crippen LogP) is 5.25. The SMILES string of the molecule is Cc1cc2c(c(C)c1Cl)C(=O)CC1(CCN(C(=O)c3ccccc3Cl)CC1)O2. The third-order valence-electron chi connectivity index (χ3n) is 5.80. The molecule has 2 aromatic rings. The number of carbonyl (C=O) groups is 2. The molecule has 28 heavy (non-hydrogen) atoms. The number of Topliss-reactive ketones (excluding diaryl/α,β-unsaturated/α-hetero) is 1. The maximum absolute atomic E-state index is 12.9. The first-order chi connectivity index (χ1) is 13.3. The van der Waals surface area contributed by atoms with Gasteiger partial charge in [0.1, 0.15) is 11.4 Å². The zero-order valence-electron chi connectivity index (χ0n) is 15.9. The van der Waals surface area contributed by atoms with Crippen LogP contribution in [0.1, 0.15) is 51.1 Å². The molecule has 0 bridgehead atoms. The second-order valence-corrected chi connectivity index (χ2v) is 8.45. The molecule has 1 fully saturated rings. The minimum Gasteiger partial charge on any atom is -0.486 e. The third kappa shape index (κ3) is 3.19. The van der Waals surface area contributed by atoms with E-state index in [1.165, 1.54) is 0 Å². The molecule has 0 atom stereocenters. The molecule has 2 heterocycles. The minimum absolute atomic E-state index is 0.0616. The Kier molecular flexibility index (Phi) is 4.88. The highest BCUT2D eigenvalue weighted by molar-refractivity contribution is 6.34. The molecule has 2 aromatic carbocycles. The van der Waals surface area contributed by atoms with Crippen LogP contribution in [0.3, 0.4) is 0 Å². The number of nitrogens with zero attached hydrogens (tertiary/aromatic N) is 1. The van der Waals surface area contributed by atoms with Crippen molar-refractivity contribution >= 4 is 34.9 Å². The number of amides is 1. The van der Waals surface area contributed by atoms with Crippen molar-refractivity contribution in [1.82, 2.24) is 4.90 Å². The van der Waals surface area contributed by atoms with Gasteiger partial charge in [0, 0.05) is 31.0 Å². The largest absolute Gasteiger partial charge is 0.486 e. The van der Waals surface area contributed by atoms with Crippen LogP contribution < -0.4 is 4.74 Å². The molecule has 0 aromatic heterocycles. The fraction of sp³-hybridized carbons (Fsp3) is 0.364. The van der Waals surface area contributed by atoms with E-state index < -0.39 is 5.60 Å². The molecule has 0 N–H and O–H groups in total. The topological polar surface area (TPSA) is 46.6 Å². The van der Waals surface area contributed by atoms with Crippen LogP contribution >= 0.6 is 23.2 Å². The van der Waals surface area contributed by atoms with Crippen molar-refractivity contribution in [2.45, 2.75) is 38.7 Å².